The molecular weight excluding hydrogens is 190 g/mol. The van der Waals surface area contributed by atoms with E-state index in [2.05, 4.69) is 46.4 Å². The van der Waals surface area contributed by atoms with Crippen molar-refractivity contribution >= 4 is 5.97 Å². The fourth-order valence-corrected chi connectivity index (χ4v) is 1.79. The fourth-order valence-electron chi connectivity index (χ4n) is 1.79. The van der Waals surface area contributed by atoms with Gasteiger partial charge in [0.2, 0.25) is 0 Å². The SMILES string of the molecule is CC(C)N(C(C)C)C(C)C.CCC(=O)O. The van der Waals surface area contributed by atoms with Crippen LogP contribution in [0.5, 0.6) is 0 Å². The van der Waals surface area contributed by atoms with Gasteiger partial charge in [0.05, 0.1) is 0 Å². The van der Waals surface area contributed by atoms with Crippen molar-refractivity contribution in [2.24, 2.45) is 0 Å². The minimum absolute atomic E-state index is 0.222. The van der Waals surface area contributed by atoms with Crippen LogP contribution in [0.15, 0.2) is 0 Å². The molecule has 3 heteroatoms. The van der Waals surface area contributed by atoms with E-state index in [4.69, 9.17) is 5.11 Å². The third-order valence-electron chi connectivity index (χ3n) is 2.09. The Labute approximate surface area is 94.5 Å². The lowest BCUT2D eigenvalue weighted by Gasteiger charge is -2.34. The molecule has 0 aromatic carbocycles. The first kappa shape index (κ1) is 16.8. The lowest BCUT2D eigenvalue weighted by molar-refractivity contribution is -0.136. The summed E-state index contributed by atoms with van der Waals surface area (Å²) in [6.45, 7) is 15.1. The Balaban J connectivity index is 0. The highest BCUT2D eigenvalue weighted by atomic mass is 16.4. The van der Waals surface area contributed by atoms with Crippen LogP contribution in [0.25, 0.3) is 0 Å². The highest BCUT2D eigenvalue weighted by Crippen LogP contribution is 2.09. The number of hydrogen-bond acceptors (Lipinski definition) is 2. The molecule has 0 atom stereocenters. The topological polar surface area (TPSA) is 40.5 Å². The van der Waals surface area contributed by atoms with Gasteiger partial charge in [-0.3, -0.25) is 9.69 Å². The summed E-state index contributed by atoms with van der Waals surface area (Å²) < 4.78 is 0. The van der Waals surface area contributed by atoms with E-state index in [-0.39, 0.29) is 6.42 Å². The molecule has 0 aliphatic carbocycles. The molecule has 0 spiro atoms. The van der Waals surface area contributed by atoms with Gasteiger partial charge in [-0.25, -0.2) is 0 Å². The van der Waals surface area contributed by atoms with Crippen LogP contribution in [0.2, 0.25) is 0 Å². The Morgan fingerprint density at radius 2 is 1.20 bits per heavy atom. The van der Waals surface area contributed by atoms with E-state index in [1.807, 2.05) is 0 Å². The van der Waals surface area contributed by atoms with Gasteiger partial charge in [0.25, 0.3) is 0 Å². The number of carboxylic acids is 1. The van der Waals surface area contributed by atoms with Crippen molar-refractivity contribution in [3.05, 3.63) is 0 Å². The summed E-state index contributed by atoms with van der Waals surface area (Å²) in [6, 6.07) is 2.00. The van der Waals surface area contributed by atoms with Gasteiger partial charge < -0.3 is 5.11 Å². The molecule has 0 fully saturated rings. The number of nitrogens with zero attached hydrogens (tertiary/aromatic N) is 1. The van der Waals surface area contributed by atoms with E-state index in [0.29, 0.717) is 18.1 Å². The maximum absolute atomic E-state index is 9.37. The minimum atomic E-state index is -0.745. The Morgan fingerprint density at radius 3 is 1.20 bits per heavy atom. The highest BCUT2D eigenvalue weighted by molar-refractivity contribution is 5.66. The normalized spacial score (nSPS) is 10.9. The molecular formula is C12H27NO2. The molecule has 0 rings (SSSR count). The number of hydrogen-bond donors (Lipinski definition) is 1. The average Bonchev–Trinajstić information content (AvgIpc) is 2.02. The molecule has 3 nitrogen and oxygen atoms in total. The molecule has 0 radical (unpaired) electrons. The third kappa shape index (κ3) is 9.73. The van der Waals surface area contributed by atoms with Crippen molar-refractivity contribution in [3.8, 4) is 0 Å². The Kier molecular flexibility index (Phi) is 9.79. The second kappa shape index (κ2) is 8.72. The largest absolute Gasteiger partial charge is 0.481 e. The molecule has 0 heterocycles. The van der Waals surface area contributed by atoms with E-state index < -0.39 is 5.97 Å². The summed E-state index contributed by atoms with van der Waals surface area (Å²) in [5.41, 5.74) is 0. The first-order valence-electron chi connectivity index (χ1n) is 5.73. The van der Waals surface area contributed by atoms with Crippen molar-refractivity contribution in [1.29, 1.82) is 0 Å². The minimum Gasteiger partial charge on any atom is -0.481 e. The van der Waals surface area contributed by atoms with Crippen LogP contribution in [-0.2, 0) is 4.79 Å². The van der Waals surface area contributed by atoms with Gasteiger partial charge in [-0.1, -0.05) is 6.92 Å². The molecule has 0 aromatic rings. The van der Waals surface area contributed by atoms with Gasteiger partial charge in [-0.05, 0) is 41.5 Å². The Hall–Kier alpha value is -0.570. The lowest BCUT2D eigenvalue weighted by atomic mass is 10.2. The van der Waals surface area contributed by atoms with Crippen molar-refractivity contribution in [2.45, 2.75) is 73.0 Å². The zero-order chi connectivity index (χ0) is 12.6. The molecule has 0 aliphatic rings. The van der Waals surface area contributed by atoms with E-state index in [9.17, 15) is 4.79 Å². The van der Waals surface area contributed by atoms with Gasteiger partial charge in [0, 0.05) is 24.5 Å². The first-order valence-corrected chi connectivity index (χ1v) is 5.73. The number of carbonyl (C=O) groups is 1. The maximum atomic E-state index is 9.37. The second-order valence-electron chi connectivity index (χ2n) is 4.48. The fraction of sp³-hybridized carbons (Fsp3) is 0.917. The molecule has 15 heavy (non-hydrogen) atoms. The molecule has 0 saturated heterocycles. The zero-order valence-electron chi connectivity index (χ0n) is 11.2. The second-order valence-corrected chi connectivity index (χ2v) is 4.48. The van der Waals surface area contributed by atoms with Crippen LogP contribution >= 0.6 is 0 Å². The quantitative estimate of drug-likeness (QED) is 0.787. The maximum Gasteiger partial charge on any atom is 0.303 e. The lowest BCUT2D eigenvalue weighted by Crippen LogP contribution is -2.42. The van der Waals surface area contributed by atoms with Gasteiger partial charge in [0.1, 0.15) is 0 Å². The Bertz CT molecular complexity index is 146. The number of rotatable bonds is 4. The summed E-state index contributed by atoms with van der Waals surface area (Å²) in [5, 5.41) is 7.72. The van der Waals surface area contributed by atoms with Crippen LogP contribution in [0, 0.1) is 0 Å². The predicted octanol–water partition coefficient (Wildman–Crippen LogP) is 2.99. The number of carboxylic acid groups (broad SMARTS) is 1. The molecule has 0 aliphatic heterocycles. The van der Waals surface area contributed by atoms with Crippen molar-refractivity contribution in [1.82, 2.24) is 4.90 Å². The van der Waals surface area contributed by atoms with E-state index >= 15 is 0 Å². The van der Waals surface area contributed by atoms with Crippen molar-refractivity contribution in [2.75, 3.05) is 0 Å². The molecule has 1 N–H and O–H groups in total. The molecule has 0 aromatic heterocycles. The predicted molar refractivity (Wildman–Crippen MR) is 65.2 cm³/mol. The van der Waals surface area contributed by atoms with Crippen LogP contribution in [0.4, 0.5) is 0 Å². The van der Waals surface area contributed by atoms with E-state index in [1.54, 1.807) is 6.92 Å². The first-order chi connectivity index (χ1) is 6.73. The van der Waals surface area contributed by atoms with Crippen LogP contribution in [0.3, 0.4) is 0 Å². The molecule has 0 saturated carbocycles. The van der Waals surface area contributed by atoms with Crippen molar-refractivity contribution in [3.63, 3.8) is 0 Å². The zero-order valence-corrected chi connectivity index (χ0v) is 11.2. The summed E-state index contributed by atoms with van der Waals surface area (Å²) in [5.74, 6) is -0.745. The number of aliphatic carboxylic acids is 1. The summed E-state index contributed by atoms with van der Waals surface area (Å²) in [7, 11) is 0. The summed E-state index contributed by atoms with van der Waals surface area (Å²) in [6.07, 6.45) is 0.222. The molecule has 0 unspecified atom stereocenters. The van der Waals surface area contributed by atoms with E-state index in [0.717, 1.165) is 0 Å². The van der Waals surface area contributed by atoms with Crippen LogP contribution in [-0.4, -0.2) is 34.1 Å². The summed E-state index contributed by atoms with van der Waals surface area (Å²) in [4.78, 5) is 11.9. The van der Waals surface area contributed by atoms with Gasteiger partial charge >= 0.3 is 5.97 Å². The summed E-state index contributed by atoms with van der Waals surface area (Å²) >= 11 is 0. The van der Waals surface area contributed by atoms with Crippen LogP contribution < -0.4 is 0 Å². The smallest absolute Gasteiger partial charge is 0.303 e. The molecule has 0 amide bonds. The highest BCUT2D eigenvalue weighted by Gasteiger charge is 2.15. The van der Waals surface area contributed by atoms with Crippen molar-refractivity contribution < 1.29 is 9.90 Å². The standard InChI is InChI=1S/C9H21N.C3H6O2/c1-7(2)10(8(3)4)9(5)6;1-2-3(4)5/h7-9H,1-6H3;2H2,1H3,(H,4,5). The molecule has 92 valence electrons. The average molecular weight is 217 g/mol. The molecule has 0 bridgehead atoms. The Morgan fingerprint density at radius 1 is 1.00 bits per heavy atom. The van der Waals surface area contributed by atoms with Gasteiger partial charge in [-0.15, -0.1) is 0 Å². The van der Waals surface area contributed by atoms with Gasteiger partial charge in [0.15, 0.2) is 0 Å². The van der Waals surface area contributed by atoms with E-state index in [1.165, 1.54) is 0 Å². The monoisotopic (exact) mass is 217 g/mol. The third-order valence-corrected chi connectivity index (χ3v) is 2.09. The van der Waals surface area contributed by atoms with Crippen LogP contribution in [0.1, 0.15) is 54.9 Å². The van der Waals surface area contributed by atoms with Gasteiger partial charge in [-0.2, -0.15) is 0 Å².